The maximum atomic E-state index is 11.6. The smallest absolute Gasteiger partial charge is 1.00 e. The van der Waals surface area contributed by atoms with E-state index >= 15 is 0 Å². The van der Waals surface area contributed by atoms with Gasteiger partial charge in [0.2, 0.25) is 11.1 Å². The molecular weight excluding hydrogens is 856 g/mol. The molecule has 0 radical (unpaired) electrons. The van der Waals surface area contributed by atoms with E-state index < -0.39 is 49.9 Å². The van der Waals surface area contributed by atoms with Crippen LogP contribution in [0.25, 0.3) is 0 Å². The molecule has 0 saturated heterocycles. The van der Waals surface area contributed by atoms with Crippen LogP contribution in [0.4, 0.5) is 26.3 Å². The van der Waals surface area contributed by atoms with Gasteiger partial charge in [-0.2, -0.15) is 16.8 Å². The molecule has 0 aromatic rings. The summed E-state index contributed by atoms with van der Waals surface area (Å²) in [7, 11) is -2.93. The van der Waals surface area contributed by atoms with Gasteiger partial charge in [0.25, 0.3) is 20.2 Å². The van der Waals surface area contributed by atoms with Gasteiger partial charge in [0.05, 0.1) is 24.7 Å². The van der Waals surface area contributed by atoms with Crippen molar-refractivity contribution in [3.63, 3.8) is 0 Å². The van der Waals surface area contributed by atoms with Gasteiger partial charge in [0, 0.05) is 53.1 Å². The number of carbonyl (C=O) groups is 3. The minimum Gasteiger partial charge on any atom is -1.00 e. The van der Waals surface area contributed by atoms with Gasteiger partial charge in [-0.3, -0.25) is 33.0 Å². The molecule has 0 rings (SSSR count). The molecule has 0 spiro atoms. The van der Waals surface area contributed by atoms with E-state index in [-0.39, 0.29) is 106 Å². The first-order valence-corrected chi connectivity index (χ1v) is 20.4. The van der Waals surface area contributed by atoms with E-state index in [0.717, 1.165) is 32.3 Å². The Hall–Kier alpha value is 0.140. The second-order valence-electron chi connectivity index (χ2n) is 11.3. The Bertz CT molecular complexity index is 1150. The molecule has 330 valence electrons. The van der Waals surface area contributed by atoms with Crippen LogP contribution in [-0.2, 0) is 48.8 Å². The third-order valence-electron chi connectivity index (χ3n) is 6.29. The number of carboxylic acid groups (broad SMARTS) is 1. The molecule has 26 heteroatoms. The van der Waals surface area contributed by atoms with Crippen LogP contribution >= 0.6 is 11.6 Å². The number of unbranched alkanes of at least 4 members (excludes halogenated alkanes) is 9. The Morgan fingerprint density at radius 3 is 1.38 bits per heavy atom. The van der Waals surface area contributed by atoms with Gasteiger partial charge < -0.3 is 22.9 Å². The Labute approximate surface area is 379 Å². The molecule has 0 atom stereocenters. The van der Waals surface area contributed by atoms with Crippen molar-refractivity contribution in [3.8, 4) is 0 Å². The number of halogens is 7. The maximum Gasteiger partial charge on any atom is 1.00 e. The number of hydrogen-bond acceptors (Lipinski definition) is 11. The maximum absolute atomic E-state index is 11.6. The molecule has 1 amide bonds. The zero-order chi connectivity index (χ0) is 42.7. The number of nitrogens with one attached hydrogen (secondary N) is 1. The predicted octanol–water partition coefficient (Wildman–Crippen LogP) is 0.0527. The summed E-state index contributed by atoms with van der Waals surface area (Å²) in [4.78, 5) is 33.2. The summed E-state index contributed by atoms with van der Waals surface area (Å²) in [5.41, 5.74) is 0. The van der Waals surface area contributed by atoms with Crippen LogP contribution in [0, 0.1) is 0 Å². The molecule has 4 N–H and O–H groups in total. The van der Waals surface area contributed by atoms with Crippen molar-refractivity contribution < 1.29 is 148 Å². The fraction of sp³-hybridized carbons (Fsp3) is 0.900. The molecule has 15 nitrogen and oxygen atoms in total. The van der Waals surface area contributed by atoms with Crippen LogP contribution in [0.3, 0.4) is 0 Å². The zero-order valence-corrected chi connectivity index (χ0v) is 39.3. The van der Waals surface area contributed by atoms with E-state index in [2.05, 4.69) is 14.8 Å². The van der Waals surface area contributed by atoms with Crippen LogP contribution in [0.2, 0.25) is 0 Å². The van der Waals surface area contributed by atoms with Gasteiger partial charge in [-0.1, -0.05) is 38.5 Å². The van der Waals surface area contributed by atoms with Crippen LogP contribution < -0.4 is 64.4 Å². The molecule has 0 aliphatic rings. The molecular formula is C30H59ClF6N2Na2O13S2. The number of nitrogens with zero attached hydrogens (tertiary/aromatic N) is 1. The number of methoxy groups -OCH3 is 1. The molecule has 0 bridgehead atoms. The van der Waals surface area contributed by atoms with Crippen molar-refractivity contribution in [2.75, 3.05) is 65.6 Å². The van der Waals surface area contributed by atoms with E-state index in [0.29, 0.717) is 64.3 Å². The van der Waals surface area contributed by atoms with E-state index in [1.807, 2.05) is 0 Å². The molecule has 0 fully saturated rings. The Kier molecular flexibility index (Phi) is 50.7. The average Bonchev–Trinajstić information content (AvgIpc) is 3.02. The van der Waals surface area contributed by atoms with Gasteiger partial charge >= 0.3 is 77.8 Å². The number of hydrogen-bond donors (Lipinski definition) is 4. The number of aliphatic carboxylic acids is 1. The third kappa shape index (κ3) is 75.0. The van der Waals surface area contributed by atoms with Crippen molar-refractivity contribution >= 4 is 49.0 Å². The SMILES string of the molecule is CNCCS(=O)(=O)O.COCCCCCCC(=O)N(C)CCS(=O)(=O)O.O=C(Cl)CCCCCCOC(F)(F)F.O=C(O)CCCCCCOC(F)(F)F.[H-].[H-].[Na+].[Na+]. The third-order valence-corrected chi connectivity index (χ3v) is 7.90. The predicted molar refractivity (Wildman–Crippen MR) is 190 cm³/mol. The number of carbonyl (C=O) groups excluding carboxylic acids is 2. The largest absolute Gasteiger partial charge is 1.00 e. The second kappa shape index (κ2) is 41.9. The number of alkyl halides is 6. The van der Waals surface area contributed by atoms with Gasteiger partial charge in [-0.25, -0.2) is 0 Å². The van der Waals surface area contributed by atoms with Crippen LogP contribution in [0.5, 0.6) is 0 Å². The summed E-state index contributed by atoms with van der Waals surface area (Å²) in [5, 5.41) is 10.4. The molecule has 0 aliphatic carbocycles. The fourth-order valence-corrected chi connectivity index (χ4v) is 4.60. The summed E-state index contributed by atoms with van der Waals surface area (Å²) >= 11 is 5.07. The van der Waals surface area contributed by atoms with Gasteiger partial charge in [0.1, 0.15) is 0 Å². The monoisotopic (exact) mass is 914 g/mol. The normalized spacial score (nSPS) is 11.2. The van der Waals surface area contributed by atoms with E-state index in [4.69, 9.17) is 30.5 Å². The summed E-state index contributed by atoms with van der Waals surface area (Å²) in [6.07, 6.45) is -0.315. The molecule has 56 heavy (non-hydrogen) atoms. The minimum absolute atomic E-state index is 0. The summed E-state index contributed by atoms with van der Waals surface area (Å²) in [5.74, 6) is -1.60. The first kappa shape index (κ1) is 67.9. The first-order valence-electron chi connectivity index (χ1n) is 16.9. The van der Waals surface area contributed by atoms with Crippen molar-refractivity contribution in [2.24, 2.45) is 0 Å². The zero-order valence-electron chi connectivity index (χ0n) is 34.9. The second-order valence-corrected chi connectivity index (χ2v) is 14.9. The Balaban J connectivity index is -0.0000000963. The topological polar surface area (TPSA) is 223 Å². The van der Waals surface area contributed by atoms with E-state index in [1.54, 1.807) is 21.2 Å². The van der Waals surface area contributed by atoms with Gasteiger partial charge in [-0.15, -0.1) is 26.3 Å². The molecule has 0 aromatic carbocycles. The number of carboxylic acids is 1. The standard InChI is InChI=1S/C11H23NO5S.C8H12ClF3O2.C8H13F3O3.C3H9NO3S.2Na.2H/c1-12(8-10-18(14,15)16)11(13)7-5-3-4-6-9-17-2;9-7(13)5-3-1-2-4-6-14-8(10,11)12;9-8(10,11)14-6-4-2-1-3-5-7(12)13;1-4-2-3-8(5,6)7;;;;/h3-10H2,1-2H3,(H,14,15,16);1-6H2;1-6H2,(H,12,13);4H,2-3H2,1H3,(H,5,6,7);;;;/q;;;;2*+1;2*-1. The molecule has 0 aromatic heterocycles. The van der Waals surface area contributed by atoms with Gasteiger partial charge in [-0.05, 0) is 57.2 Å². The summed E-state index contributed by atoms with van der Waals surface area (Å²) in [6.45, 7) is 0.386. The number of rotatable bonds is 27. The van der Waals surface area contributed by atoms with Crippen LogP contribution in [-0.4, -0.2) is 131 Å². The Morgan fingerprint density at radius 1 is 0.679 bits per heavy atom. The first-order chi connectivity index (χ1) is 24.8. The Morgan fingerprint density at radius 2 is 1.05 bits per heavy atom. The summed E-state index contributed by atoms with van der Waals surface area (Å²) < 4.78 is 138. The van der Waals surface area contributed by atoms with Crippen molar-refractivity contribution in [1.82, 2.24) is 10.2 Å². The molecule has 0 heterocycles. The minimum atomic E-state index is -4.55. The number of ether oxygens (including phenoxy) is 3. The van der Waals surface area contributed by atoms with E-state index in [1.165, 1.54) is 4.90 Å². The average molecular weight is 915 g/mol. The van der Waals surface area contributed by atoms with Gasteiger partial charge in [0.15, 0.2) is 0 Å². The molecule has 0 saturated carbocycles. The van der Waals surface area contributed by atoms with Crippen molar-refractivity contribution in [1.29, 1.82) is 0 Å². The number of amides is 1. The quantitative estimate of drug-likeness (QED) is 0.0282. The fourth-order valence-electron chi connectivity index (χ4n) is 3.50. The van der Waals surface area contributed by atoms with Crippen molar-refractivity contribution in [2.45, 2.75) is 109 Å². The van der Waals surface area contributed by atoms with E-state index in [9.17, 15) is 57.6 Å². The van der Waals surface area contributed by atoms with Crippen LogP contribution in [0.15, 0.2) is 0 Å². The van der Waals surface area contributed by atoms with Crippen LogP contribution in [0.1, 0.15) is 99.2 Å². The summed E-state index contributed by atoms with van der Waals surface area (Å²) in [6, 6.07) is 0. The molecule has 0 aliphatic heterocycles. The van der Waals surface area contributed by atoms with Crippen molar-refractivity contribution in [3.05, 3.63) is 0 Å². The molecule has 0 unspecified atom stereocenters.